The van der Waals surface area contributed by atoms with E-state index in [0.717, 1.165) is 28.3 Å². The number of fused-ring (bicyclic) bond motifs is 1. The van der Waals surface area contributed by atoms with Crippen molar-refractivity contribution in [2.45, 2.75) is 32.2 Å². The van der Waals surface area contributed by atoms with Crippen molar-refractivity contribution in [3.63, 3.8) is 0 Å². The first-order chi connectivity index (χ1) is 10.5. The Morgan fingerprint density at radius 3 is 2.86 bits per heavy atom. The van der Waals surface area contributed by atoms with E-state index >= 15 is 0 Å². The molecule has 6 heteroatoms. The van der Waals surface area contributed by atoms with Crippen LogP contribution >= 0.6 is 15.9 Å². The largest absolute Gasteiger partial charge is 0.480 e. The molecule has 22 heavy (non-hydrogen) atoms. The van der Waals surface area contributed by atoms with E-state index < -0.39 is 12.0 Å². The van der Waals surface area contributed by atoms with Crippen LogP contribution in [0.3, 0.4) is 0 Å². The maximum atomic E-state index is 12.7. The molecule has 1 aromatic heterocycles. The number of aliphatic carboxylic acids is 1. The molecule has 1 amide bonds. The van der Waals surface area contributed by atoms with E-state index in [1.165, 1.54) is 4.90 Å². The highest BCUT2D eigenvalue weighted by Crippen LogP contribution is 2.30. The average molecular weight is 366 g/mol. The van der Waals surface area contributed by atoms with Crippen LogP contribution in [-0.2, 0) is 4.79 Å². The SMILES string of the molecule is Cc1c(C(=O)N2CCCC[C@@H]2C(=O)O)oc2ccc(Br)cc12. The number of piperidine rings is 1. The van der Waals surface area contributed by atoms with E-state index in [1.807, 2.05) is 19.1 Å². The van der Waals surface area contributed by atoms with Crippen molar-refractivity contribution in [3.05, 3.63) is 34.0 Å². The van der Waals surface area contributed by atoms with Gasteiger partial charge in [0, 0.05) is 22.0 Å². The molecule has 3 rings (SSSR count). The highest BCUT2D eigenvalue weighted by atomic mass is 79.9. The number of furan rings is 1. The van der Waals surface area contributed by atoms with Gasteiger partial charge in [-0.15, -0.1) is 0 Å². The fraction of sp³-hybridized carbons (Fsp3) is 0.375. The molecular formula is C16H16BrNO4. The maximum Gasteiger partial charge on any atom is 0.326 e. The van der Waals surface area contributed by atoms with Gasteiger partial charge in [0.1, 0.15) is 11.6 Å². The molecule has 0 unspecified atom stereocenters. The number of aryl methyl sites for hydroxylation is 1. The third-order valence-corrected chi connectivity index (χ3v) is 4.63. The molecule has 1 N–H and O–H groups in total. The van der Waals surface area contributed by atoms with Crippen LogP contribution in [0.4, 0.5) is 0 Å². The highest BCUT2D eigenvalue weighted by molar-refractivity contribution is 9.10. The van der Waals surface area contributed by atoms with Crippen LogP contribution in [0.15, 0.2) is 27.1 Å². The fourth-order valence-electron chi connectivity index (χ4n) is 2.96. The number of amides is 1. The lowest BCUT2D eigenvalue weighted by atomic mass is 10.0. The minimum absolute atomic E-state index is 0.237. The van der Waals surface area contributed by atoms with Crippen molar-refractivity contribution < 1.29 is 19.1 Å². The molecule has 0 spiro atoms. The monoisotopic (exact) mass is 365 g/mol. The Morgan fingerprint density at radius 1 is 1.36 bits per heavy atom. The average Bonchev–Trinajstić information content (AvgIpc) is 2.83. The maximum absolute atomic E-state index is 12.7. The molecule has 0 radical (unpaired) electrons. The molecule has 1 aliphatic rings. The number of likely N-dealkylation sites (tertiary alicyclic amines) is 1. The van der Waals surface area contributed by atoms with Crippen LogP contribution in [0.2, 0.25) is 0 Å². The zero-order valence-electron chi connectivity index (χ0n) is 12.1. The molecule has 116 valence electrons. The van der Waals surface area contributed by atoms with E-state index in [0.29, 0.717) is 18.5 Å². The minimum atomic E-state index is -0.954. The molecule has 0 saturated carbocycles. The van der Waals surface area contributed by atoms with Crippen molar-refractivity contribution in [1.82, 2.24) is 4.90 Å². The molecular weight excluding hydrogens is 350 g/mol. The van der Waals surface area contributed by atoms with Crippen LogP contribution in [0.25, 0.3) is 11.0 Å². The van der Waals surface area contributed by atoms with Crippen LogP contribution in [0.1, 0.15) is 35.4 Å². The van der Waals surface area contributed by atoms with Gasteiger partial charge in [0.2, 0.25) is 0 Å². The summed E-state index contributed by atoms with van der Waals surface area (Å²) >= 11 is 3.40. The lowest BCUT2D eigenvalue weighted by molar-refractivity contribution is -0.143. The summed E-state index contributed by atoms with van der Waals surface area (Å²) in [6.07, 6.45) is 2.14. The highest BCUT2D eigenvalue weighted by Gasteiger charge is 2.34. The Labute approximate surface area is 136 Å². The van der Waals surface area contributed by atoms with Gasteiger partial charge in [-0.2, -0.15) is 0 Å². The van der Waals surface area contributed by atoms with Gasteiger partial charge in [0.05, 0.1) is 0 Å². The second-order valence-corrected chi connectivity index (χ2v) is 6.46. The molecule has 1 saturated heterocycles. The number of benzene rings is 1. The van der Waals surface area contributed by atoms with Gasteiger partial charge in [-0.25, -0.2) is 4.79 Å². The van der Waals surface area contributed by atoms with E-state index in [-0.39, 0.29) is 11.7 Å². The van der Waals surface area contributed by atoms with E-state index in [9.17, 15) is 14.7 Å². The number of hydrogen-bond acceptors (Lipinski definition) is 3. The zero-order valence-corrected chi connectivity index (χ0v) is 13.7. The number of carboxylic acids is 1. The molecule has 1 aliphatic heterocycles. The Balaban J connectivity index is 2.01. The van der Waals surface area contributed by atoms with Gasteiger partial charge in [-0.05, 0) is 44.4 Å². The predicted molar refractivity (Wildman–Crippen MR) is 85.0 cm³/mol. The first-order valence-electron chi connectivity index (χ1n) is 7.21. The summed E-state index contributed by atoms with van der Waals surface area (Å²) in [5.74, 6) is -1.05. The number of rotatable bonds is 2. The summed E-state index contributed by atoms with van der Waals surface area (Å²) in [5, 5.41) is 10.2. The molecule has 5 nitrogen and oxygen atoms in total. The number of carbonyl (C=O) groups is 2. The third kappa shape index (κ3) is 2.52. The standard InChI is InChI=1S/C16H16BrNO4/c1-9-11-8-10(17)5-6-13(11)22-14(9)15(19)18-7-3-2-4-12(18)16(20)21/h5-6,8,12H,2-4,7H2,1H3,(H,20,21)/t12-/m1/s1. The predicted octanol–water partition coefficient (Wildman–Crippen LogP) is 3.58. The summed E-state index contributed by atoms with van der Waals surface area (Å²) in [6.45, 7) is 2.28. The number of nitrogens with zero attached hydrogens (tertiary/aromatic N) is 1. The van der Waals surface area contributed by atoms with Crippen molar-refractivity contribution >= 4 is 38.8 Å². The second kappa shape index (κ2) is 5.76. The smallest absolute Gasteiger partial charge is 0.326 e. The van der Waals surface area contributed by atoms with Gasteiger partial charge >= 0.3 is 5.97 Å². The Hall–Kier alpha value is -1.82. The number of halogens is 1. The Kier molecular flexibility index (Phi) is 3.95. The van der Waals surface area contributed by atoms with Crippen molar-refractivity contribution in [1.29, 1.82) is 0 Å². The topological polar surface area (TPSA) is 70.8 Å². The Morgan fingerprint density at radius 2 is 2.14 bits per heavy atom. The summed E-state index contributed by atoms with van der Waals surface area (Å²) in [5.41, 5.74) is 1.38. The van der Waals surface area contributed by atoms with Crippen molar-refractivity contribution in [2.75, 3.05) is 6.54 Å². The summed E-state index contributed by atoms with van der Waals surface area (Å²) in [4.78, 5) is 25.5. The van der Waals surface area contributed by atoms with Crippen molar-refractivity contribution in [3.8, 4) is 0 Å². The summed E-state index contributed by atoms with van der Waals surface area (Å²) < 4.78 is 6.60. The fourth-order valence-corrected chi connectivity index (χ4v) is 3.32. The lowest BCUT2D eigenvalue weighted by Crippen LogP contribution is -2.48. The lowest BCUT2D eigenvalue weighted by Gasteiger charge is -2.32. The van der Waals surface area contributed by atoms with E-state index in [1.54, 1.807) is 6.07 Å². The minimum Gasteiger partial charge on any atom is -0.480 e. The molecule has 0 aliphatic carbocycles. The number of carboxylic acid groups (broad SMARTS) is 1. The molecule has 1 atom stereocenters. The van der Waals surface area contributed by atoms with Crippen molar-refractivity contribution in [2.24, 2.45) is 0 Å². The number of hydrogen-bond donors (Lipinski definition) is 1. The van der Waals surface area contributed by atoms with Gasteiger partial charge in [-0.3, -0.25) is 4.79 Å². The summed E-state index contributed by atoms with van der Waals surface area (Å²) in [7, 11) is 0. The molecule has 1 aromatic carbocycles. The first-order valence-corrected chi connectivity index (χ1v) is 8.01. The van der Waals surface area contributed by atoms with Gasteiger partial charge < -0.3 is 14.4 Å². The number of carbonyl (C=O) groups excluding carboxylic acids is 1. The molecule has 2 heterocycles. The van der Waals surface area contributed by atoms with Crippen LogP contribution < -0.4 is 0 Å². The molecule has 0 bridgehead atoms. The quantitative estimate of drug-likeness (QED) is 0.882. The zero-order chi connectivity index (χ0) is 15.9. The van der Waals surface area contributed by atoms with Gasteiger partial charge in [-0.1, -0.05) is 15.9 Å². The third-order valence-electron chi connectivity index (χ3n) is 4.14. The van der Waals surface area contributed by atoms with Gasteiger partial charge in [0.15, 0.2) is 5.76 Å². The van der Waals surface area contributed by atoms with E-state index in [4.69, 9.17) is 4.42 Å². The Bertz CT molecular complexity index is 752. The molecule has 2 aromatic rings. The van der Waals surface area contributed by atoms with Crippen LogP contribution in [0, 0.1) is 6.92 Å². The second-order valence-electron chi connectivity index (χ2n) is 5.55. The van der Waals surface area contributed by atoms with Gasteiger partial charge in [0.25, 0.3) is 5.91 Å². The normalized spacial score (nSPS) is 18.6. The summed E-state index contributed by atoms with van der Waals surface area (Å²) in [6, 6.07) is 4.78. The van der Waals surface area contributed by atoms with E-state index in [2.05, 4.69) is 15.9 Å². The first kappa shape index (κ1) is 15.1. The van der Waals surface area contributed by atoms with Crippen LogP contribution in [-0.4, -0.2) is 34.5 Å². The molecule has 1 fully saturated rings. The van der Waals surface area contributed by atoms with Crippen LogP contribution in [0.5, 0.6) is 0 Å².